The number of nitrogens with two attached hydrogens (primary N) is 2. The average molecular weight is 189 g/mol. The maximum absolute atomic E-state index is 9.44. The third kappa shape index (κ3) is 15.7. The first-order valence-corrected chi connectivity index (χ1v) is 3.34. The van der Waals surface area contributed by atoms with Gasteiger partial charge in [-0.15, -0.1) is 0 Å². The fourth-order valence-electron chi connectivity index (χ4n) is 0. The Morgan fingerprint density at radius 1 is 1.40 bits per heavy atom. The van der Waals surface area contributed by atoms with Crippen LogP contribution in [0.25, 0.3) is 0 Å². The largest absolute Gasteiger partial charge is 0.479 e. The average Bonchev–Trinajstić information content (AvgIpc) is 1.89. The molecule has 0 atom stereocenters. The number of hydrogen-bond donors (Lipinski definition) is 3. The first-order chi connectivity index (χ1) is 4.56. The molecule has 0 unspecified atom stereocenters. The van der Waals surface area contributed by atoms with Gasteiger partial charge in [0, 0.05) is 13.1 Å². The van der Waals surface area contributed by atoms with Crippen molar-refractivity contribution in [3.63, 3.8) is 0 Å². The highest BCUT2D eigenvalue weighted by Gasteiger charge is 2.05. The van der Waals surface area contributed by atoms with Crippen molar-refractivity contribution in [1.82, 2.24) is 0 Å². The van der Waals surface area contributed by atoms with E-state index in [0.29, 0.717) is 13.1 Å². The molecule has 0 aliphatic heterocycles. The van der Waals surface area contributed by atoms with E-state index >= 15 is 0 Å². The molecular formula is C4H10Cl2N2O2. The molecule has 0 bridgehead atoms. The quantitative estimate of drug-likeness (QED) is 0.523. The van der Waals surface area contributed by atoms with Crippen molar-refractivity contribution in [2.75, 3.05) is 13.1 Å². The smallest absolute Gasteiger partial charge is 0.337 e. The SMILES string of the molecule is NCCN.O=C(O)C(Cl)Cl. The fourth-order valence-corrected chi connectivity index (χ4v) is 0. The van der Waals surface area contributed by atoms with E-state index in [0.717, 1.165) is 0 Å². The van der Waals surface area contributed by atoms with Crippen molar-refractivity contribution in [1.29, 1.82) is 0 Å². The third-order valence-electron chi connectivity index (χ3n) is 0.353. The maximum Gasteiger partial charge on any atom is 0.337 e. The van der Waals surface area contributed by atoms with E-state index in [-0.39, 0.29) is 0 Å². The zero-order chi connectivity index (χ0) is 8.57. The van der Waals surface area contributed by atoms with Crippen LogP contribution in [0.1, 0.15) is 0 Å². The Kier molecular flexibility index (Phi) is 11.3. The number of halogens is 2. The van der Waals surface area contributed by atoms with Crippen molar-refractivity contribution in [3.8, 4) is 0 Å². The van der Waals surface area contributed by atoms with E-state index in [9.17, 15) is 4.79 Å². The Balaban J connectivity index is 0. The minimum atomic E-state index is -1.29. The topological polar surface area (TPSA) is 89.3 Å². The van der Waals surface area contributed by atoms with Crippen LogP contribution in [-0.4, -0.2) is 29.0 Å². The zero-order valence-corrected chi connectivity index (χ0v) is 6.77. The maximum atomic E-state index is 9.44. The summed E-state index contributed by atoms with van der Waals surface area (Å²) in [7, 11) is 0. The van der Waals surface area contributed by atoms with E-state index in [2.05, 4.69) is 0 Å². The molecule has 0 heterocycles. The van der Waals surface area contributed by atoms with Crippen molar-refractivity contribution in [2.24, 2.45) is 11.5 Å². The Morgan fingerprint density at radius 2 is 1.60 bits per heavy atom. The van der Waals surface area contributed by atoms with Crippen molar-refractivity contribution in [2.45, 2.75) is 4.84 Å². The van der Waals surface area contributed by atoms with Crippen LogP contribution in [0.2, 0.25) is 0 Å². The number of carbonyl (C=O) groups is 1. The normalized spacial score (nSPS) is 8.50. The predicted octanol–water partition coefficient (Wildman–Crippen LogP) is -0.221. The zero-order valence-electron chi connectivity index (χ0n) is 5.26. The first-order valence-electron chi connectivity index (χ1n) is 2.47. The summed E-state index contributed by atoms with van der Waals surface area (Å²) in [6, 6.07) is 0. The van der Waals surface area contributed by atoms with Gasteiger partial charge in [-0.3, -0.25) is 0 Å². The van der Waals surface area contributed by atoms with Gasteiger partial charge in [0.05, 0.1) is 0 Å². The number of aliphatic carboxylic acids is 1. The summed E-state index contributed by atoms with van der Waals surface area (Å²) in [6.45, 7) is 1.19. The summed E-state index contributed by atoms with van der Waals surface area (Å²) in [5, 5.41) is 7.73. The molecule has 10 heavy (non-hydrogen) atoms. The molecule has 0 aromatic carbocycles. The molecule has 0 aromatic rings. The molecule has 0 rings (SSSR count). The highest BCUT2D eigenvalue weighted by atomic mass is 35.5. The summed E-state index contributed by atoms with van der Waals surface area (Å²) in [5.74, 6) is -1.21. The summed E-state index contributed by atoms with van der Waals surface area (Å²) < 4.78 is 0. The molecule has 0 spiro atoms. The minimum Gasteiger partial charge on any atom is -0.479 e. The number of hydrogen-bond acceptors (Lipinski definition) is 3. The van der Waals surface area contributed by atoms with Crippen molar-refractivity contribution in [3.05, 3.63) is 0 Å². The molecule has 0 saturated carbocycles. The standard InChI is InChI=1S/C2H2Cl2O2.C2H8N2/c3-1(4)2(5)6;3-1-2-4/h1H,(H,5,6);1-4H2. The van der Waals surface area contributed by atoms with Crippen LogP contribution in [0.4, 0.5) is 0 Å². The van der Waals surface area contributed by atoms with Crippen molar-refractivity contribution >= 4 is 29.2 Å². The van der Waals surface area contributed by atoms with E-state index in [1.807, 2.05) is 0 Å². The van der Waals surface area contributed by atoms with Gasteiger partial charge < -0.3 is 16.6 Å². The molecule has 62 valence electrons. The van der Waals surface area contributed by atoms with Crippen LogP contribution in [0.15, 0.2) is 0 Å². The molecule has 0 amide bonds. The summed E-state index contributed by atoms with van der Waals surface area (Å²) in [6.07, 6.45) is 0. The highest BCUT2D eigenvalue weighted by Crippen LogP contribution is 1.98. The van der Waals surface area contributed by atoms with Gasteiger partial charge in [0.15, 0.2) is 0 Å². The number of carboxylic acids is 1. The lowest BCUT2D eigenvalue weighted by atomic mass is 10.7. The molecule has 0 radical (unpaired) electrons. The van der Waals surface area contributed by atoms with E-state index < -0.39 is 10.8 Å². The van der Waals surface area contributed by atoms with Crippen LogP contribution < -0.4 is 11.5 Å². The predicted molar refractivity (Wildman–Crippen MR) is 41.2 cm³/mol. The third-order valence-corrected chi connectivity index (χ3v) is 0.727. The molecule has 6 heteroatoms. The van der Waals surface area contributed by atoms with Gasteiger partial charge in [-0.05, 0) is 0 Å². The van der Waals surface area contributed by atoms with Crippen LogP contribution in [0, 0.1) is 0 Å². The molecule has 0 saturated heterocycles. The van der Waals surface area contributed by atoms with Gasteiger partial charge in [0.25, 0.3) is 0 Å². The second-order valence-electron chi connectivity index (χ2n) is 1.22. The summed E-state index contributed by atoms with van der Waals surface area (Å²) in [5.41, 5.74) is 9.81. The van der Waals surface area contributed by atoms with Crippen LogP contribution in [-0.2, 0) is 4.79 Å². The van der Waals surface area contributed by atoms with Gasteiger partial charge in [0.1, 0.15) is 0 Å². The Bertz CT molecular complexity index is 87.3. The molecule has 0 aliphatic rings. The summed E-state index contributed by atoms with van der Waals surface area (Å²) in [4.78, 5) is 8.15. The molecule has 0 aliphatic carbocycles. The summed E-state index contributed by atoms with van der Waals surface area (Å²) >= 11 is 9.56. The van der Waals surface area contributed by atoms with Crippen LogP contribution in [0.3, 0.4) is 0 Å². The van der Waals surface area contributed by atoms with E-state index in [4.69, 9.17) is 39.8 Å². The molecule has 0 aromatic heterocycles. The molecular weight excluding hydrogens is 179 g/mol. The van der Waals surface area contributed by atoms with Gasteiger partial charge in [0.2, 0.25) is 4.84 Å². The Morgan fingerprint density at radius 3 is 1.60 bits per heavy atom. The minimum absolute atomic E-state index is 0.597. The number of rotatable bonds is 2. The van der Waals surface area contributed by atoms with Crippen molar-refractivity contribution < 1.29 is 9.90 Å². The highest BCUT2D eigenvalue weighted by molar-refractivity contribution is 6.52. The lowest BCUT2D eigenvalue weighted by molar-refractivity contribution is -0.135. The number of carboxylic acid groups (broad SMARTS) is 1. The molecule has 4 nitrogen and oxygen atoms in total. The van der Waals surface area contributed by atoms with Gasteiger partial charge in [-0.2, -0.15) is 0 Å². The first kappa shape index (κ1) is 12.6. The lowest BCUT2D eigenvalue weighted by Crippen LogP contribution is -2.11. The van der Waals surface area contributed by atoms with Gasteiger partial charge >= 0.3 is 5.97 Å². The Labute approximate surface area is 69.1 Å². The van der Waals surface area contributed by atoms with E-state index in [1.54, 1.807) is 0 Å². The lowest BCUT2D eigenvalue weighted by Gasteiger charge is -1.84. The van der Waals surface area contributed by atoms with Gasteiger partial charge in [-0.1, -0.05) is 23.2 Å². The second kappa shape index (κ2) is 8.97. The number of alkyl halides is 2. The monoisotopic (exact) mass is 188 g/mol. The fraction of sp³-hybridized carbons (Fsp3) is 0.750. The van der Waals surface area contributed by atoms with Crippen LogP contribution >= 0.6 is 23.2 Å². The van der Waals surface area contributed by atoms with Crippen LogP contribution in [0.5, 0.6) is 0 Å². The second-order valence-corrected chi connectivity index (χ2v) is 2.31. The van der Waals surface area contributed by atoms with Gasteiger partial charge in [-0.25, -0.2) is 4.79 Å². The molecule has 0 fully saturated rings. The Hall–Kier alpha value is -0.0300. The molecule has 5 N–H and O–H groups in total. The van der Waals surface area contributed by atoms with E-state index in [1.165, 1.54) is 0 Å².